The van der Waals surface area contributed by atoms with E-state index in [1.54, 1.807) is 42.5 Å². The highest BCUT2D eigenvalue weighted by molar-refractivity contribution is 7.93. The molecule has 7 nitrogen and oxygen atoms in total. The molecule has 4 rings (SSSR count). The van der Waals surface area contributed by atoms with Crippen LogP contribution < -0.4 is 19.1 Å². The van der Waals surface area contributed by atoms with Crippen LogP contribution in [0.15, 0.2) is 42.5 Å². The molecule has 0 spiro atoms. The Bertz CT molecular complexity index is 941. The molecule has 0 atom stereocenters. The Morgan fingerprint density at radius 1 is 1.00 bits per heavy atom. The monoisotopic (exact) mass is 374 g/mol. The Morgan fingerprint density at radius 2 is 1.73 bits per heavy atom. The number of fused-ring (bicyclic) bond motifs is 1. The molecule has 1 amide bonds. The summed E-state index contributed by atoms with van der Waals surface area (Å²) in [4.78, 5) is 12.4. The van der Waals surface area contributed by atoms with Gasteiger partial charge in [-0.1, -0.05) is 0 Å². The number of anilines is 2. The zero-order valence-corrected chi connectivity index (χ0v) is 14.8. The average Bonchev–Trinajstić information content (AvgIpc) is 3.01. The minimum Gasteiger partial charge on any atom is -0.486 e. The van der Waals surface area contributed by atoms with E-state index in [-0.39, 0.29) is 11.7 Å². The van der Waals surface area contributed by atoms with Gasteiger partial charge >= 0.3 is 0 Å². The molecule has 2 aromatic carbocycles. The van der Waals surface area contributed by atoms with Gasteiger partial charge in [-0.2, -0.15) is 0 Å². The van der Waals surface area contributed by atoms with Gasteiger partial charge in [0.05, 0.1) is 11.4 Å². The van der Waals surface area contributed by atoms with Crippen molar-refractivity contribution in [3.8, 4) is 11.5 Å². The lowest BCUT2D eigenvalue weighted by Crippen LogP contribution is -2.25. The molecular weight excluding hydrogens is 356 g/mol. The van der Waals surface area contributed by atoms with Gasteiger partial charge in [0, 0.05) is 23.9 Å². The van der Waals surface area contributed by atoms with Gasteiger partial charge in [-0.05, 0) is 42.8 Å². The highest BCUT2D eigenvalue weighted by Gasteiger charge is 2.28. The number of carbonyl (C=O) groups excluding carboxylic acids is 1. The van der Waals surface area contributed by atoms with Crippen molar-refractivity contribution in [1.82, 2.24) is 0 Å². The second-order valence-electron chi connectivity index (χ2n) is 6.10. The zero-order chi connectivity index (χ0) is 18.1. The standard InChI is InChI=1S/C18H18N2O5S/c21-18(19-14-4-7-16-17(12-14)25-10-9-24-16)13-2-5-15(6-3-13)20-8-1-11-26(20,22)23/h2-7,12H,1,8-11H2,(H,19,21). The van der Waals surface area contributed by atoms with E-state index in [4.69, 9.17) is 9.47 Å². The minimum atomic E-state index is -3.22. The molecule has 2 aromatic rings. The third-order valence-electron chi connectivity index (χ3n) is 4.32. The fraction of sp³-hybridized carbons (Fsp3) is 0.278. The minimum absolute atomic E-state index is 0.166. The smallest absolute Gasteiger partial charge is 0.255 e. The number of hydrogen-bond donors (Lipinski definition) is 1. The van der Waals surface area contributed by atoms with Gasteiger partial charge in [-0.15, -0.1) is 0 Å². The van der Waals surface area contributed by atoms with E-state index < -0.39 is 10.0 Å². The average molecular weight is 374 g/mol. The maximum atomic E-state index is 12.4. The van der Waals surface area contributed by atoms with Gasteiger partial charge in [0.25, 0.3) is 5.91 Å². The van der Waals surface area contributed by atoms with Crippen LogP contribution in [0.4, 0.5) is 11.4 Å². The first-order valence-corrected chi connectivity index (χ1v) is 9.95. The first kappa shape index (κ1) is 16.7. The predicted octanol–water partition coefficient (Wildman–Crippen LogP) is 2.25. The van der Waals surface area contributed by atoms with Crippen LogP contribution in [0, 0.1) is 0 Å². The normalized spacial score (nSPS) is 17.8. The number of benzene rings is 2. The van der Waals surface area contributed by atoms with Crippen molar-refractivity contribution in [2.24, 2.45) is 0 Å². The Labute approximate surface area is 151 Å². The SMILES string of the molecule is O=C(Nc1ccc2c(c1)OCCO2)c1ccc(N2CCCS2(=O)=O)cc1. The lowest BCUT2D eigenvalue weighted by atomic mass is 10.2. The van der Waals surface area contributed by atoms with Gasteiger partial charge in [0.1, 0.15) is 13.2 Å². The third kappa shape index (κ3) is 3.20. The van der Waals surface area contributed by atoms with Crippen molar-refractivity contribution in [3.63, 3.8) is 0 Å². The van der Waals surface area contributed by atoms with Crippen LogP contribution in [0.3, 0.4) is 0 Å². The van der Waals surface area contributed by atoms with Crippen molar-refractivity contribution in [2.75, 3.05) is 35.1 Å². The molecule has 0 aromatic heterocycles. The van der Waals surface area contributed by atoms with Gasteiger partial charge in [-0.3, -0.25) is 9.10 Å². The largest absolute Gasteiger partial charge is 0.486 e. The van der Waals surface area contributed by atoms with Crippen molar-refractivity contribution in [3.05, 3.63) is 48.0 Å². The summed E-state index contributed by atoms with van der Waals surface area (Å²) in [7, 11) is -3.22. The third-order valence-corrected chi connectivity index (χ3v) is 6.19. The molecule has 1 N–H and O–H groups in total. The van der Waals surface area contributed by atoms with Crippen LogP contribution in [0.5, 0.6) is 11.5 Å². The van der Waals surface area contributed by atoms with Crippen molar-refractivity contribution >= 4 is 27.3 Å². The Balaban J connectivity index is 1.48. The number of hydrogen-bond acceptors (Lipinski definition) is 5. The summed E-state index contributed by atoms with van der Waals surface area (Å²) in [5, 5.41) is 2.81. The van der Waals surface area contributed by atoms with Crippen molar-refractivity contribution in [1.29, 1.82) is 0 Å². The summed E-state index contributed by atoms with van der Waals surface area (Å²) in [6, 6.07) is 11.8. The molecule has 0 saturated carbocycles. The summed E-state index contributed by atoms with van der Waals surface area (Å²) in [6.45, 7) is 1.47. The van der Waals surface area contributed by atoms with Gasteiger partial charge in [0.15, 0.2) is 11.5 Å². The number of nitrogens with zero attached hydrogens (tertiary/aromatic N) is 1. The second-order valence-corrected chi connectivity index (χ2v) is 8.11. The van der Waals surface area contributed by atoms with E-state index in [0.29, 0.717) is 54.6 Å². The summed E-state index contributed by atoms with van der Waals surface area (Å²) < 4.78 is 36.3. The maximum Gasteiger partial charge on any atom is 0.255 e. The Hall–Kier alpha value is -2.74. The summed E-state index contributed by atoms with van der Waals surface area (Å²) in [5.74, 6) is 1.14. The topological polar surface area (TPSA) is 84.9 Å². The lowest BCUT2D eigenvalue weighted by molar-refractivity contribution is 0.102. The number of ether oxygens (including phenoxy) is 2. The van der Waals surface area contributed by atoms with Crippen LogP contribution in [0.2, 0.25) is 0 Å². The van der Waals surface area contributed by atoms with Gasteiger partial charge in [-0.25, -0.2) is 8.42 Å². The number of nitrogens with one attached hydrogen (secondary N) is 1. The van der Waals surface area contributed by atoms with E-state index in [0.717, 1.165) is 0 Å². The van der Waals surface area contributed by atoms with Crippen LogP contribution in [-0.2, 0) is 10.0 Å². The Kier molecular flexibility index (Phi) is 4.20. The molecule has 0 radical (unpaired) electrons. The van der Waals surface area contributed by atoms with Crippen LogP contribution in [0.25, 0.3) is 0 Å². The van der Waals surface area contributed by atoms with E-state index in [2.05, 4.69) is 5.32 Å². The fourth-order valence-electron chi connectivity index (χ4n) is 3.03. The van der Waals surface area contributed by atoms with Crippen molar-refractivity contribution in [2.45, 2.75) is 6.42 Å². The first-order valence-electron chi connectivity index (χ1n) is 8.34. The predicted molar refractivity (Wildman–Crippen MR) is 97.6 cm³/mol. The quantitative estimate of drug-likeness (QED) is 0.891. The lowest BCUT2D eigenvalue weighted by Gasteiger charge is -2.19. The number of rotatable bonds is 3. The van der Waals surface area contributed by atoms with Gasteiger partial charge in [0.2, 0.25) is 10.0 Å². The number of carbonyl (C=O) groups is 1. The molecule has 2 heterocycles. The summed E-state index contributed by atoms with van der Waals surface area (Å²) in [6.07, 6.45) is 0.620. The second kappa shape index (κ2) is 6.53. The number of amides is 1. The molecule has 136 valence electrons. The first-order chi connectivity index (χ1) is 12.5. The van der Waals surface area contributed by atoms with Crippen LogP contribution >= 0.6 is 0 Å². The highest BCUT2D eigenvalue weighted by atomic mass is 32.2. The van der Waals surface area contributed by atoms with Crippen LogP contribution in [0.1, 0.15) is 16.8 Å². The van der Waals surface area contributed by atoms with E-state index in [9.17, 15) is 13.2 Å². The van der Waals surface area contributed by atoms with Crippen molar-refractivity contribution < 1.29 is 22.7 Å². The molecule has 8 heteroatoms. The molecule has 2 aliphatic rings. The van der Waals surface area contributed by atoms with Gasteiger partial charge < -0.3 is 14.8 Å². The molecule has 26 heavy (non-hydrogen) atoms. The Morgan fingerprint density at radius 3 is 2.42 bits per heavy atom. The molecule has 0 unspecified atom stereocenters. The zero-order valence-electron chi connectivity index (χ0n) is 14.0. The summed E-state index contributed by atoms with van der Waals surface area (Å²) >= 11 is 0. The highest BCUT2D eigenvalue weighted by Crippen LogP contribution is 2.32. The molecule has 1 saturated heterocycles. The van der Waals surface area contributed by atoms with E-state index >= 15 is 0 Å². The molecule has 0 bridgehead atoms. The molecular formula is C18H18N2O5S. The summed E-state index contributed by atoms with van der Waals surface area (Å²) in [5.41, 5.74) is 1.63. The number of sulfonamides is 1. The maximum absolute atomic E-state index is 12.4. The van der Waals surface area contributed by atoms with E-state index in [1.807, 2.05) is 0 Å². The molecule has 0 aliphatic carbocycles. The van der Waals surface area contributed by atoms with E-state index in [1.165, 1.54) is 4.31 Å². The molecule has 2 aliphatic heterocycles. The molecule has 1 fully saturated rings. The van der Waals surface area contributed by atoms with Crippen LogP contribution in [-0.4, -0.2) is 39.8 Å². The fourth-order valence-corrected chi connectivity index (χ4v) is 4.60.